The fraction of sp³-hybridized carbons (Fsp3) is 0.500. The topological polar surface area (TPSA) is 100 Å². The number of hydrogen-bond acceptors (Lipinski definition) is 8. The number of rotatable bonds is 7. The molecule has 0 radical (unpaired) electrons. The van der Waals surface area contributed by atoms with Crippen LogP contribution in [0.25, 0.3) is 0 Å². The second-order valence-corrected chi connectivity index (χ2v) is 8.77. The number of methoxy groups -OCH3 is 3. The van der Waals surface area contributed by atoms with Crippen LogP contribution in [-0.2, 0) is 23.9 Å². The normalized spacial score (nSPS) is 23.0. The molecule has 1 aromatic carbocycles. The zero-order chi connectivity index (χ0) is 25.2. The summed E-state index contributed by atoms with van der Waals surface area (Å²) >= 11 is 0. The van der Waals surface area contributed by atoms with Crippen molar-refractivity contribution in [2.45, 2.75) is 52.6 Å². The molecule has 8 heteroatoms. The van der Waals surface area contributed by atoms with Gasteiger partial charge in [0.25, 0.3) is 0 Å². The van der Waals surface area contributed by atoms with E-state index in [9.17, 15) is 14.4 Å². The van der Waals surface area contributed by atoms with E-state index in [4.69, 9.17) is 18.9 Å². The minimum Gasteiger partial charge on any atom is -0.493 e. The maximum absolute atomic E-state index is 13.8. The van der Waals surface area contributed by atoms with E-state index < -0.39 is 23.8 Å². The number of carbonyl (C=O) groups is 3. The van der Waals surface area contributed by atoms with Crippen LogP contribution in [0.2, 0.25) is 0 Å². The van der Waals surface area contributed by atoms with Gasteiger partial charge in [-0.15, -0.1) is 0 Å². The highest BCUT2D eigenvalue weighted by molar-refractivity contribution is 6.12. The van der Waals surface area contributed by atoms with Gasteiger partial charge >= 0.3 is 11.9 Å². The van der Waals surface area contributed by atoms with Crippen LogP contribution in [0.3, 0.4) is 0 Å². The van der Waals surface area contributed by atoms with E-state index in [2.05, 4.69) is 5.32 Å². The van der Waals surface area contributed by atoms with Crippen molar-refractivity contribution in [3.05, 3.63) is 46.3 Å². The maximum atomic E-state index is 13.8. The average molecular weight is 472 g/mol. The van der Waals surface area contributed by atoms with Gasteiger partial charge in [-0.05, 0) is 50.3 Å². The lowest BCUT2D eigenvalue weighted by Gasteiger charge is -2.38. The minimum absolute atomic E-state index is 0.251. The van der Waals surface area contributed by atoms with Crippen LogP contribution in [-0.4, -0.2) is 45.2 Å². The van der Waals surface area contributed by atoms with Crippen molar-refractivity contribution in [2.24, 2.45) is 11.8 Å². The van der Waals surface area contributed by atoms with Gasteiger partial charge in [0.15, 0.2) is 17.3 Å². The van der Waals surface area contributed by atoms with Gasteiger partial charge in [-0.2, -0.15) is 0 Å². The molecule has 1 aliphatic carbocycles. The molecule has 34 heavy (non-hydrogen) atoms. The van der Waals surface area contributed by atoms with Crippen LogP contribution in [0.5, 0.6) is 11.5 Å². The number of allylic oxidation sites excluding steroid dienone is 3. The number of dihydropyridines is 1. The number of nitrogens with one attached hydrogen (secondary N) is 1. The van der Waals surface area contributed by atoms with E-state index in [1.807, 2.05) is 20.8 Å². The Bertz CT molecular complexity index is 1060. The first-order chi connectivity index (χ1) is 16.2. The van der Waals surface area contributed by atoms with E-state index >= 15 is 0 Å². The Balaban J connectivity index is 2.21. The largest absolute Gasteiger partial charge is 0.493 e. The Labute approximate surface area is 200 Å². The fourth-order valence-corrected chi connectivity index (χ4v) is 4.65. The number of esters is 2. The molecule has 1 heterocycles. The van der Waals surface area contributed by atoms with Gasteiger partial charge in [0, 0.05) is 22.9 Å². The summed E-state index contributed by atoms with van der Waals surface area (Å²) < 4.78 is 21.5. The highest BCUT2D eigenvalue weighted by Gasteiger charge is 2.47. The molecule has 0 saturated heterocycles. The molecule has 3 rings (SSSR count). The highest BCUT2D eigenvalue weighted by Crippen LogP contribution is 2.46. The molecule has 0 spiro atoms. The van der Waals surface area contributed by atoms with E-state index in [1.54, 1.807) is 25.1 Å². The number of benzene rings is 1. The molecular weight excluding hydrogens is 438 g/mol. The van der Waals surface area contributed by atoms with Gasteiger partial charge in [0.2, 0.25) is 0 Å². The average Bonchev–Trinajstić information content (AvgIpc) is 2.82. The number of ether oxygens (including phenoxy) is 4. The molecule has 2 aliphatic rings. The molecule has 0 amide bonds. The summed E-state index contributed by atoms with van der Waals surface area (Å²) in [5, 5.41) is 3.26. The number of ketones is 1. The zero-order valence-corrected chi connectivity index (χ0v) is 20.8. The van der Waals surface area contributed by atoms with Gasteiger partial charge in [0.1, 0.15) is 5.92 Å². The van der Waals surface area contributed by atoms with Crippen LogP contribution < -0.4 is 14.8 Å². The lowest BCUT2D eigenvalue weighted by molar-refractivity contribution is -0.151. The second-order valence-electron chi connectivity index (χ2n) is 8.77. The summed E-state index contributed by atoms with van der Waals surface area (Å²) in [7, 11) is 4.33. The van der Waals surface area contributed by atoms with Crippen LogP contribution in [0.1, 0.15) is 52.0 Å². The fourth-order valence-electron chi connectivity index (χ4n) is 4.65. The quantitative estimate of drug-likeness (QED) is 0.475. The van der Waals surface area contributed by atoms with Crippen LogP contribution >= 0.6 is 0 Å². The van der Waals surface area contributed by atoms with Gasteiger partial charge in [-0.25, -0.2) is 4.79 Å². The first-order valence-corrected chi connectivity index (χ1v) is 11.4. The highest BCUT2D eigenvalue weighted by atomic mass is 16.5. The number of carbonyl (C=O) groups excluding carboxylic acids is 3. The lowest BCUT2D eigenvalue weighted by atomic mass is 9.69. The van der Waals surface area contributed by atoms with Gasteiger partial charge < -0.3 is 24.3 Å². The molecule has 1 aromatic rings. The molecule has 0 aromatic heterocycles. The smallest absolute Gasteiger partial charge is 0.337 e. The number of Topliss-reactive ketones (excluding diaryl/α,β-unsaturated/α-hetero) is 1. The van der Waals surface area contributed by atoms with Crippen molar-refractivity contribution in [3.8, 4) is 11.5 Å². The van der Waals surface area contributed by atoms with E-state index in [0.29, 0.717) is 52.4 Å². The molecular formula is C26H33NO7. The van der Waals surface area contributed by atoms with E-state index in [1.165, 1.54) is 21.3 Å². The van der Waals surface area contributed by atoms with Crippen molar-refractivity contribution < 1.29 is 33.3 Å². The van der Waals surface area contributed by atoms with Crippen molar-refractivity contribution in [1.82, 2.24) is 5.32 Å². The summed E-state index contributed by atoms with van der Waals surface area (Å²) in [6.45, 7) is 7.40. The van der Waals surface area contributed by atoms with Crippen molar-refractivity contribution >= 4 is 17.7 Å². The molecule has 1 N–H and O–H groups in total. The van der Waals surface area contributed by atoms with Crippen LogP contribution in [0.4, 0.5) is 0 Å². The predicted molar refractivity (Wildman–Crippen MR) is 125 cm³/mol. The molecule has 0 fully saturated rings. The third kappa shape index (κ3) is 4.54. The first-order valence-electron chi connectivity index (χ1n) is 11.4. The van der Waals surface area contributed by atoms with Crippen molar-refractivity contribution in [3.63, 3.8) is 0 Å². The van der Waals surface area contributed by atoms with E-state index in [0.717, 1.165) is 0 Å². The Morgan fingerprint density at radius 2 is 1.82 bits per heavy atom. The third-order valence-electron chi connectivity index (χ3n) is 6.59. The Hall–Kier alpha value is -3.29. The molecule has 0 bridgehead atoms. The van der Waals surface area contributed by atoms with Crippen LogP contribution in [0, 0.1) is 11.8 Å². The Morgan fingerprint density at radius 1 is 1.15 bits per heavy atom. The lowest BCUT2D eigenvalue weighted by Crippen LogP contribution is -2.43. The third-order valence-corrected chi connectivity index (χ3v) is 6.59. The van der Waals surface area contributed by atoms with E-state index in [-0.39, 0.29) is 17.8 Å². The molecule has 184 valence electrons. The summed E-state index contributed by atoms with van der Waals surface area (Å²) in [4.78, 5) is 39.6. The van der Waals surface area contributed by atoms with Gasteiger partial charge in [-0.1, -0.05) is 19.9 Å². The summed E-state index contributed by atoms with van der Waals surface area (Å²) in [5.74, 6) is -2.38. The summed E-state index contributed by atoms with van der Waals surface area (Å²) in [6, 6.07) is 5.28. The molecule has 0 unspecified atom stereocenters. The maximum Gasteiger partial charge on any atom is 0.337 e. The van der Waals surface area contributed by atoms with Crippen LogP contribution in [0.15, 0.2) is 40.7 Å². The molecule has 4 atom stereocenters. The van der Waals surface area contributed by atoms with Crippen molar-refractivity contribution in [2.75, 3.05) is 21.3 Å². The second kappa shape index (κ2) is 10.3. The van der Waals surface area contributed by atoms with Gasteiger partial charge in [-0.3, -0.25) is 9.59 Å². The Kier molecular flexibility index (Phi) is 7.69. The minimum atomic E-state index is -0.946. The summed E-state index contributed by atoms with van der Waals surface area (Å²) in [5.41, 5.74) is 2.69. The number of hydrogen-bond donors (Lipinski definition) is 1. The zero-order valence-electron chi connectivity index (χ0n) is 20.8. The molecule has 8 nitrogen and oxygen atoms in total. The van der Waals surface area contributed by atoms with Crippen molar-refractivity contribution in [1.29, 1.82) is 0 Å². The Morgan fingerprint density at radius 3 is 2.41 bits per heavy atom. The van der Waals surface area contributed by atoms with Gasteiger partial charge in [0.05, 0.1) is 33.0 Å². The standard InChI is InChI=1S/C26H33NO7/c1-8-14(3)34-26(30)21-15(4)27-17-11-13(2)20(25(29)33-7)24(28)23(17)22(21)16-9-10-18(31-5)19(12-16)32-6/h9-10,12-14,20,22,27H,8,11H2,1-7H3/t13-,14-,20+,22+/m0/s1. The SMILES string of the molecule is CC[C@H](C)OC(=O)C1=C(C)NC2=C(C(=O)[C@H](C(=O)OC)[C@@H](C)C2)[C@@H]1c1ccc(OC)c(OC)c1. The predicted octanol–water partition coefficient (Wildman–Crippen LogP) is 3.66. The molecule has 0 saturated carbocycles. The first kappa shape index (κ1) is 25.3. The summed E-state index contributed by atoms with van der Waals surface area (Å²) in [6.07, 6.45) is 0.830. The monoisotopic (exact) mass is 471 g/mol. The molecule has 1 aliphatic heterocycles.